The maximum atomic E-state index is 15.6. The van der Waals surface area contributed by atoms with Gasteiger partial charge in [0.2, 0.25) is 0 Å². The largest absolute Gasteiger partial charge is 0.351 e. The highest BCUT2D eigenvalue weighted by atomic mass is 19.2. The van der Waals surface area contributed by atoms with Crippen LogP contribution in [0.25, 0.3) is 44.8 Å². The Kier molecular flexibility index (Phi) is 9.81. The van der Waals surface area contributed by atoms with Gasteiger partial charge < -0.3 is 30.4 Å². The van der Waals surface area contributed by atoms with Gasteiger partial charge >= 0.3 is 0 Å². The van der Waals surface area contributed by atoms with E-state index in [4.69, 9.17) is 0 Å². The van der Waals surface area contributed by atoms with Crippen LogP contribution in [0.1, 0.15) is 59.2 Å². The monoisotopic (exact) mass is 690 g/mol. The summed E-state index contributed by atoms with van der Waals surface area (Å²) in [7, 11) is 0. The molecule has 3 aromatic carbocycles. The van der Waals surface area contributed by atoms with Crippen LogP contribution in [0.2, 0.25) is 0 Å². The fraction of sp³-hybridized carbons (Fsp3) is 0.389. The van der Waals surface area contributed by atoms with Crippen molar-refractivity contribution in [3.8, 4) is 22.8 Å². The van der Waals surface area contributed by atoms with Crippen LogP contribution in [0.5, 0.6) is 0 Å². The van der Waals surface area contributed by atoms with Crippen molar-refractivity contribution in [2.24, 2.45) is 0 Å². The predicted molar refractivity (Wildman–Crippen MR) is 182 cm³/mol. The molecule has 2 fully saturated rings. The molecule has 0 spiro atoms. The number of rotatable bonds is 10. The lowest BCUT2D eigenvalue weighted by Crippen LogP contribution is -2.37. The molecule has 2 aliphatic heterocycles. The minimum absolute atomic E-state index is 0.247. The Labute approximate surface area is 285 Å². The van der Waals surface area contributed by atoms with E-state index in [1.165, 1.54) is 49.2 Å². The molecule has 4 heterocycles. The van der Waals surface area contributed by atoms with E-state index in [0.717, 1.165) is 65.0 Å². The Morgan fingerprint density at radius 1 is 0.600 bits per heavy atom. The maximum Gasteiger partial charge on any atom is 0.251 e. The first-order valence-electron chi connectivity index (χ1n) is 17.1. The highest BCUT2D eigenvalue weighted by Gasteiger charge is 2.30. The number of hydrogen-bond acceptors (Lipinski definition) is 6. The average molecular weight is 691 g/mol. The number of aromatic amines is 2. The van der Waals surface area contributed by atoms with Crippen LogP contribution < -0.4 is 10.6 Å². The topological polar surface area (TPSA) is 122 Å². The van der Waals surface area contributed by atoms with Crippen molar-refractivity contribution in [2.75, 3.05) is 52.4 Å². The first kappa shape index (κ1) is 33.7. The summed E-state index contributed by atoms with van der Waals surface area (Å²) in [5.74, 6) is -8.20. The second-order valence-electron chi connectivity index (χ2n) is 13.0. The van der Waals surface area contributed by atoms with E-state index in [2.05, 4.69) is 40.4 Å². The average Bonchev–Trinajstić information content (AvgIpc) is 3.75. The van der Waals surface area contributed by atoms with Crippen molar-refractivity contribution < 1.29 is 27.2 Å². The second-order valence-corrected chi connectivity index (χ2v) is 13.0. The summed E-state index contributed by atoms with van der Waals surface area (Å²) < 4.78 is 62.3. The van der Waals surface area contributed by atoms with E-state index in [1.807, 2.05) is 0 Å². The van der Waals surface area contributed by atoms with Crippen LogP contribution in [0.15, 0.2) is 36.4 Å². The Balaban J connectivity index is 1.08. The van der Waals surface area contributed by atoms with Gasteiger partial charge in [-0.2, -0.15) is 0 Å². The van der Waals surface area contributed by atoms with Gasteiger partial charge in [-0.25, -0.2) is 27.5 Å². The van der Waals surface area contributed by atoms with Gasteiger partial charge in [0, 0.05) is 37.3 Å². The summed E-state index contributed by atoms with van der Waals surface area (Å²) in [6.45, 7) is 6.43. The zero-order valence-electron chi connectivity index (χ0n) is 27.5. The number of benzene rings is 3. The summed E-state index contributed by atoms with van der Waals surface area (Å²) in [5, 5.41) is 5.75. The third kappa shape index (κ3) is 6.94. The van der Waals surface area contributed by atoms with Crippen molar-refractivity contribution in [3.05, 3.63) is 70.8 Å². The molecule has 0 saturated carbocycles. The molecule has 262 valence electrons. The molecule has 0 radical (unpaired) electrons. The summed E-state index contributed by atoms with van der Waals surface area (Å²) in [6.07, 6.45) is 7.01. The van der Waals surface area contributed by atoms with Crippen molar-refractivity contribution in [1.29, 1.82) is 0 Å². The molecule has 0 unspecified atom stereocenters. The summed E-state index contributed by atoms with van der Waals surface area (Å²) in [5.41, 5.74) is -0.438. The predicted octanol–water partition coefficient (Wildman–Crippen LogP) is 5.76. The normalized spacial score (nSPS) is 15.9. The highest BCUT2D eigenvalue weighted by molar-refractivity contribution is 5.98. The van der Waals surface area contributed by atoms with Gasteiger partial charge in [0.05, 0.1) is 33.2 Å². The van der Waals surface area contributed by atoms with E-state index >= 15 is 17.6 Å². The number of carbonyl (C=O) groups excluding carboxylic acids is 2. The van der Waals surface area contributed by atoms with Crippen LogP contribution in [0.4, 0.5) is 17.6 Å². The summed E-state index contributed by atoms with van der Waals surface area (Å²) >= 11 is 0. The van der Waals surface area contributed by atoms with Crippen LogP contribution in [-0.2, 0) is 0 Å². The first-order valence-corrected chi connectivity index (χ1v) is 17.1. The highest BCUT2D eigenvalue weighted by Crippen LogP contribution is 2.36. The van der Waals surface area contributed by atoms with Gasteiger partial charge in [-0.3, -0.25) is 9.59 Å². The molecule has 4 N–H and O–H groups in total. The number of carbonyl (C=O) groups is 2. The minimum atomic E-state index is -1.66. The third-order valence-electron chi connectivity index (χ3n) is 9.55. The number of likely N-dealkylation sites (tertiary alicyclic amines) is 2. The molecule has 14 heteroatoms. The second kappa shape index (κ2) is 14.6. The van der Waals surface area contributed by atoms with Crippen LogP contribution in [-0.4, -0.2) is 93.9 Å². The van der Waals surface area contributed by atoms with Crippen molar-refractivity contribution in [3.63, 3.8) is 0 Å². The molecule has 2 amide bonds. The van der Waals surface area contributed by atoms with E-state index in [9.17, 15) is 9.59 Å². The Morgan fingerprint density at radius 3 is 1.36 bits per heavy atom. The van der Waals surface area contributed by atoms with E-state index in [-0.39, 0.29) is 33.9 Å². The maximum absolute atomic E-state index is 15.6. The Bertz CT molecular complexity index is 1870. The van der Waals surface area contributed by atoms with Gasteiger partial charge in [0.1, 0.15) is 11.6 Å². The number of hydrogen-bond donors (Lipinski definition) is 4. The molecule has 5 aromatic rings. The Morgan fingerprint density at radius 2 is 0.980 bits per heavy atom. The smallest absolute Gasteiger partial charge is 0.251 e. The molecular formula is C36H38F4N8O2. The molecule has 0 bridgehead atoms. The fourth-order valence-electron chi connectivity index (χ4n) is 6.81. The van der Waals surface area contributed by atoms with Crippen LogP contribution >= 0.6 is 0 Å². The fourth-order valence-corrected chi connectivity index (χ4v) is 6.81. The number of piperidine rings is 2. The summed E-state index contributed by atoms with van der Waals surface area (Å²) in [4.78, 5) is 43.9. The third-order valence-corrected chi connectivity index (χ3v) is 9.55. The summed E-state index contributed by atoms with van der Waals surface area (Å²) in [6, 6.07) is 8.96. The van der Waals surface area contributed by atoms with Crippen LogP contribution in [0, 0.1) is 23.3 Å². The quantitative estimate of drug-likeness (QED) is 0.109. The zero-order chi connectivity index (χ0) is 34.8. The van der Waals surface area contributed by atoms with E-state index in [0.29, 0.717) is 24.2 Å². The zero-order valence-corrected chi connectivity index (χ0v) is 27.5. The van der Waals surface area contributed by atoms with Gasteiger partial charge in [0.15, 0.2) is 23.3 Å². The number of aromatic nitrogens is 4. The van der Waals surface area contributed by atoms with Crippen molar-refractivity contribution in [1.82, 2.24) is 40.4 Å². The molecule has 10 nitrogen and oxygen atoms in total. The van der Waals surface area contributed by atoms with E-state index < -0.39 is 46.0 Å². The minimum Gasteiger partial charge on any atom is -0.351 e. The number of fused-ring (bicyclic) bond motifs is 2. The number of halogens is 4. The lowest BCUT2D eigenvalue weighted by atomic mass is 10.1. The lowest BCUT2D eigenvalue weighted by molar-refractivity contribution is 0.0938. The van der Waals surface area contributed by atoms with E-state index in [1.54, 1.807) is 0 Å². The number of nitrogens with zero attached hydrogens (tertiary/aromatic N) is 4. The molecule has 2 aliphatic rings. The van der Waals surface area contributed by atoms with Crippen LogP contribution in [0.3, 0.4) is 0 Å². The molecule has 50 heavy (non-hydrogen) atoms. The molecular weight excluding hydrogens is 652 g/mol. The standard InChI is InChI=1S/C36H38F4N8O2/c37-29-27(33-43-23-9-7-21(19-25(23)45-33)35(49)41-11-17-47-13-3-1-4-14-47)30(38)32(40)28(31(29)39)34-44-24-10-8-22(20-26(24)46-34)36(50)42-12-18-48-15-5-2-6-16-48/h7-10,19-20H,1-6,11-18H2,(H,41,49)(H,42,50)(H,43,45)(H,44,46). The van der Waals surface area contributed by atoms with Gasteiger partial charge in [-0.1, -0.05) is 12.8 Å². The first-order chi connectivity index (χ1) is 24.3. The lowest BCUT2D eigenvalue weighted by Gasteiger charge is -2.26. The van der Waals surface area contributed by atoms with Gasteiger partial charge in [-0.15, -0.1) is 0 Å². The van der Waals surface area contributed by atoms with Crippen molar-refractivity contribution in [2.45, 2.75) is 38.5 Å². The van der Waals surface area contributed by atoms with Crippen molar-refractivity contribution >= 4 is 33.9 Å². The van der Waals surface area contributed by atoms with Gasteiger partial charge in [-0.05, 0) is 88.3 Å². The number of H-pyrrole nitrogens is 2. The Hall–Kier alpha value is -4.82. The molecule has 2 saturated heterocycles. The molecule has 2 aromatic heterocycles. The molecule has 7 rings (SSSR count). The van der Waals surface area contributed by atoms with Gasteiger partial charge in [0.25, 0.3) is 11.8 Å². The number of imidazole rings is 2. The molecule has 0 atom stereocenters. The SMILES string of the molecule is O=C(NCCN1CCCCC1)c1ccc2nc(-c3c(F)c(F)c(-c4nc5ccc(C(=O)NCCN6CCCCC6)cc5[nH]4)c(F)c3F)[nH]c2c1. The number of nitrogens with one attached hydrogen (secondary N) is 4. The molecule has 0 aliphatic carbocycles. The number of amides is 2.